The van der Waals surface area contributed by atoms with Gasteiger partial charge in [-0.1, -0.05) is 18.2 Å². The molecule has 10 nitrogen and oxygen atoms in total. The molecule has 0 radical (unpaired) electrons. The zero-order valence-electron chi connectivity index (χ0n) is 15.7. The number of benzene rings is 1. The van der Waals surface area contributed by atoms with Crippen LogP contribution in [0.5, 0.6) is 0 Å². The van der Waals surface area contributed by atoms with Crippen LogP contribution in [0.3, 0.4) is 0 Å². The molecule has 0 amide bonds. The van der Waals surface area contributed by atoms with Crippen LogP contribution in [-0.2, 0) is 23.6 Å². The van der Waals surface area contributed by atoms with Crippen molar-refractivity contribution >= 4 is 17.5 Å². The van der Waals surface area contributed by atoms with E-state index in [1.807, 2.05) is 0 Å². The van der Waals surface area contributed by atoms with Gasteiger partial charge in [0.1, 0.15) is 5.82 Å². The maximum Gasteiger partial charge on any atom is 0.336 e. The predicted octanol–water partition coefficient (Wildman–Crippen LogP) is 0.997. The zero-order chi connectivity index (χ0) is 20.7. The standard InChI is InChI=1S/C18H18N4O6/c1-9-12(17(24)28-4)13(10-7-5-6-8-11(10)22(26)27)14-15(19-9)20(2)18(25)21(3)16(14)23/h5-8,13,19H,1-4H3. The van der Waals surface area contributed by atoms with Crippen LogP contribution in [0.15, 0.2) is 45.1 Å². The van der Waals surface area contributed by atoms with Crippen molar-refractivity contribution in [3.63, 3.8) is 0 Å². The Morgan fingerprint density at radius 2 is 1.86 bits per heavy atom. The number of methoxy groups -OCH3 is 1. The molecule has 0 aliphatic carbocycles. The van der Waals surface area contributed by atoms with Gasteiger partial charge < -0.3 is 10.1 Å². The van der Waals surface area contributed by atoms with Crippen LogP contribution in [0.4, 0.5) is 11.5 Å². The van der Waals surface area contributed by atoms with Crippen molar-refractivity contribution in [1.82, 2.24) is 9.13 Å². The summed E-state index contributed by atoms with van der Waals surface area (Å²) < 4.78 is 7.00. The fraction of sp³-hybridized carbons (Fsp3) is 0.278. The highest BCUT2D eigenvalue weighted by atomic mass is 16.6. The molecule has 0 fully saturated rings. The van der Waals surface area contributed by atoms with Crippen molar-refractivity contribution in [1.29, 1.82) is 0 Å². The molecular formula is C18H18N4O6. The summed E-state index contributed by atoms with van der Waals surface area (Å²) in [6, 6.07) is 5.87. The summed E-state index contributed by atoms with van der Waals surface area (Å²) >= 11 is 0. The van der Waals surface area contributed by atoms with E-state index in [0.717, 1.165) is 4.57 Å². The van der Waals surface area contributed by atoms with Crippen molar-refractivity contribution in [2.45, 2.75) is 12.8 Å². The number of nitro benzene ring substituents is 1. The third-order valence-electron chi connectivity index (χ3n) is 4.84. The summed E-state index contributed by atoms with van der Waals surface area (Å²) in [4.78, 5) is 48.9. The number of carbonyl (C=O) groups is 1. The molecule has 1 aliphatic heterocycles. The summed E-state index contributed by atoms with van der Waals surface area (Å²) in [6.07, 6.45) is 0. The molecule has 1 aromatic carbocycles. The van der Waals surface area contributed by atoms with Crippen molar-refractivity contribution in [3.8, 4) is 0 Å². The summed E-state index contributed by atoms with van der Waals surface area (Å²) in [5.41, 5.74) is -0.832. The number of nitro groups is 1. The van der Waals surface area contributed by atoms with Gasteiger partial charge in [-0.2, -0.15) is 0 Å². The van der Waals surface area contributed by atoms with Crippen LogP contribution in [0.2, 0.25) is 0 Å². The number of hydrogen-bond acceptors (Lipinski definition) is 7. The maximum absolute atomic E-state index is 13.0. The number of nitrogens with one attached hydrogen (secondary N) is 1. The topological polar surface area (TPSA) is 125 Å². The first-order valence-corrected chi connectivity index (χ1v) is 8.30. The number of nitrogens with zero attached hydrogens (tertiary/aromatic N) is 3. The third-order valence-corrected chi connectivity index (χ3v) is 4.84. The van der Waals surface area contributed by atoms with Crippen LogP contribution in [-0.4, -0.2) is 27.1 Å². The van der Waals surface area contributed by atoms with E-state index in [4.69, 9.17) is 4.74 Å². The molecule has 1 aliphatic rings. The quantitative estimate of drug-likeness (QED) is 0.474. The first-order chi connectivity index (χ1) is 13.2. The van der Waals surface area contributed by atoms with Gasteiger partial charge in [-0.15, -0.1) is 0 Å². The Morgan fingerprint density at radius 1 is 1.21 bits per heavy atom. The van der Waals surface area contributed by atoms with Crippen LogP contribution < -0.4 is 16.6 Å². The second-order valence-corrected chi connectivity index (χ2v) is 6.37. The number of rotatable bonds is 3. The first-order valence-electron chi connectivity index (χ1n) is 8.30. The van der Waals surface area contributed by atoms with E-state index < -0.39 is 28.1 Å². The van der Waals surface area contributed by atoms with Gasteiger partial charge in [-0.05, 0) is 6.92 Å². The normalized spacial score (nSPS) is 15.6. The molecule has 2 aromatic rings. The molecule has 3 rings (SSSR count). The number of anilines is 1. The van der Waals surface area contributed by atoms with E-state index in [0.29, 0.717) is 5.70 Å². The second-order valence-electron chi connectivity index (χ2n) is 6.37. The fourth-order valence-corrected chi connectivity index (χ4v) is 3.48. The summed E-state index contributed by atoms with van der Waals surface area (Å²) in [5.74, 6) is -1.62. The lowest BCUT2D eigenvalue weighted by atomic mass is 9.81. The Bertz CT molecular complexity index is 1160. The number of hydrogen-bond donors (Lipinski definition) is 1. The van der Waals surface area contributed by atoms with Gasteiger partial charge in [-0.3, -0.25) is 24.0 Å². The Balaban J connectivity index is 2.49. The SMILES string of the molecule is COC(=O)C1=C(C)Nc2c(c(=O)n(C)c(=O)n2C)C1c1ccccc1[N+](=O)[O-]. The number of ether oxygens (including phenoxy) is 1. The van der Waals surface area contributed by atoms with Gasteiger partial charge >= 0.3 is 11.7 Å². The molecule has 0 bridgehead atoms. The lowest BCUT2D eigenvalue weighted by molar-refractivity contribution is -0.385. The van der Waals surface area contributed by atoms with Crippen LogP contribution >= 0.6 is 0 Å². The molecule has 10 heteroatoms. The first kappa shape index (κ1) is 19.1. The van der Waals surface area contributed by atoms with Gasteiger partial charge in [0.15, 0.2) is 0 Å². The molecule has 0 spiro atoms. The molecule has 28 heavy (non-hydrogen) atoms. The van der Waals surface area contributed by atoms with Gasteiger partial charge in [-0.25, -0.2) is 9.59 Å². The van der Waals surface area contributed by atoms with Gasteiger partial charge in [0.2, 0.25) is 0 Å². The maximum atomic E-state index is 13.0. The minimum absolute atomic E-state index is 0.0601. The van der Waals surface area contributed by atoms with E-state index in [1.54, 1.807) is 13.0 Å². The van der Waals surface area contributed by atoms with E-state index in [-0.39, 0.29) is 28.2 Å². The fourth-order valence-electron chi connectivity index (χ4n) is 3.48. The third kappa shape index (κ3) is 2.70. The highest BCUT2D eigenvalue weighted by molar-refractivity contribution is 5.94. The number of allylic oxidation sites excluding steroid dienone is 1. The zero-order valence-corrected chi connectivity index (χ0v) is 15.7. The average molecular weight is 386 g/mol. The monoisotopic (exact) mass is 386 g/mol. The number of para-hydroxylation sites is 1. The van der Waals surface area contributed by atoms with Crippen molar-refractivity contribution in [2.24, 2.45) is 14.1 Å². The summed E-state index contributed by atoms with van der Waals surface area (Å²) in [7, 11) is 3.97. The number of aromatic nitrogens is 2. The molecule has 1 N–H and O–H groups in total. The van der Waals surface area contributed by atoms with E-state index >= 15 is 0 Å². The van der Waals surface area contributed by atoms with Crippen molar-refractivity contribution in [2.75, 3.05) is 12.4 Å². The predicted molar refractivity (Wildman–Crippen MR) is 100 cm³/mol. The lowest BCUT2D eigenvalue weighted by Crippen LogP contribution is -2.43. The second kappa shape index (κ2) is 6.80. The van der Waals surface area contributed by atoms with E-state index in [1.165, 1.54) is 44.0 Å². The Labute approximate surface area is 158 Å². The van der Waals surface area contributed by atoms with Crippen LogP contribution in [0, 0.1) is 10.1 Å². The molecule has 0 saturated carbocycles. The Morgan fingerprint density at radius 3 is 2.46 bits per heavy atom. The number of esters is 1. The molecule has 1 aromatic heterocycles. The Kier molecular flexibility index (Phi) is 4.63. The molecular weight excluding hydrogens is 368 g/mol. The van der Waals surface area contributed by atoms with Gasteiger partial charge in [0.05, 0.1) is 29.1 Å². The highest BCUT2D eigenvalue weighted by Crippen LogP contribution is 2.42. The average Bonchev–Trinajstić information content (AvgIpc) is 2.69. The number of carbonyl (C=O) groups excluding carboxylic acids is 1. The van der Waals surface area contributed by atoms with Gasteiger partial charge in [0.25, 0.3) is 11.2 Å². The lowest BCUT2D eigenvalue weighted by Gasteiger charge is -2.30. The Hall–Kier alpha value is -3.69. The highest BCUT2D eigenvalue weighted by Gasteiger charge is 2.39. The van der Waals surface area contributed by atoms with Gasteiger partial charge in [0, 0.05) is 31.4 Å². The van der Waals surface area contributed by atoms with Crippen LogP contribution in [0.25, 0.3) is 0 Å². The summed E-state index contributed by atoms with van der Waals surface area (Å²) in [6.45, 7) is 1.58. The molecule has 1 atom stereocenters. The van der Waals surface area contributed by atoms with Crippen molar-refractivity contribution in [3.05, 3.63) is 77.6 Å². The minimum atomic E-state index is -1.07. The minimum Gasteiger partial charge on any atom is -0.466 e. The van der Waals surface area contributed by atoms with Crippen LogP contribution in [0.1, 0.15) is 24.0 Å². The largest absolute Gasteiger partial charge is 0.466 e. The van der Waals surface area contributed by atoms with Crippen molar-refractivity contribution < 1.29 is 14.5 Å². The molecule has 146 valence electrons. The summed E-state index contributed by atoms with van der Waals surface area (Å²) in [5, 5.41) is 14.5. The molecule has 1 unspecified atom stereocenters. The smallest absolute Gasteiger partial charge is 0.336 e. The van der Waals surface area contributed by atoms with E-state index in [2.05, 4.69) is 5.32 Å². The molecule has 0 saturated heterocycles. The number of fused-ring (bicyclic) bond motifs is 1. The van der Waals surface area contributed by atoms with E-state index in [9.17, 15) is 24.5 Å². The molecule has 2 heterocycles.